The SMILES string of the molecule is COc1ccc(O[C@@H]2O[C@H](COCc3ccccc3)[C@@H](O)[C@H](OCc3ccccc3)[C@H]2N2C(=O)c3ccc(Cl)c(Cl)c3C2=O)cc1. The number of nitrogens with zero attached hydrogens (tertiary/aromatic N) is 1. The number of rotatable bonds is 11. The van der Waals surface area contributed by atoms with Gasteiger partial charge in [-0.15, -0.1) is 0 Å². The molecule has 1 fully saturated rings. The van der Waals surface area contributed by atoms with Gasteiger partial charge in [-0.1, -0.05) is 83.9 Å². The van der Waals surface area contributed by atoms with Crippen molar-refractivity contribution in [1.29, 1.82) is 0 Å². The van der Waals surface area contributed by atoms with E-state index >= 15 is 0 Å². The number of ether oxygens (including phenoxy) is 5. The summed E-state index contributed by atoms with van der Waals surface area (Å²) in [5.74, 6) is -0.374. The molecule has 6 rings (SSSR count). The van der Waals surface area contributed by atoms with Gasteiger partial charge >= 0.3 is 0 Å². The maximum absolute atomic E-state index is 14.0. The van der Waals surface area contributed by atoms with Crippen LogP contribution in [0.25, 0.3) is 0 Å². The maximum Gasteiger partial charge on any atom is 0.263 e. The number of carbonyl (C=O) groups is 2. The summed E-state index contributed by atoms with van der Waals surface area (Å²) in [6.07, 6.45) is -4.71. The number of amides is 2. The van der Waals surface area contributed by atoms with E-state index in [9.17, 15) is 14.7 Å². The van der Waals surface area contributed by atoms with E-state index in [4.69, 9.17) is 46.9 Å². The Bertz CT molecular complexity index is 1670. The Morgan fingerprint density at radius 3 is 2.09 bits per heavy atom. The molecule has 0 radical (unpaired) electrons. The molecule has 46 heavy (non-hydrogen) atoms. The normalized spacial score (nSPS) is 22.5. The van der Waals surface area contributed by atoms with Crippen molar-refractivity contribution in [1.82, 2.24) is 4.90 Å². The van der Waals surface area contributed by atoms with Crippen LogP contribution in [0.4, 0.5) is 0 Å². The molecule has 0 spiro atoms. The largest absolute Gasteiger partial charge is 0.497 e. The van der Waals surface area contributed by atoms with Gasteiger partial charge in [0, 0.05) is 0 Å². The number of hydrogen-bond acceptors (Lipinski definition) is 8. The summed E-state index contributed by atoms with van der Waals surface area (Å²) >= 11 is 12.7. The Balaban J connectivity index is 1.36. The first kappa shape index (κ1) is 32.0. The molecule has 238 valence electrons. The topological polar surface area (TPSA) is 104 Å². The average Bonchev–Trinajstić information content (AvgIpc) is 3.33. The van der Waals surface area contributed by atoms with Crippen molar-refractivity contribution in [2.75, 3.05) is 13.7 Å². The number of halogens is 2. The average molecular weight is 665 g/mol. The standard InChI is InChI=1S/C35H31Cl2NO8/c1-42-23-12-14-24(15-13-23)45-35-30(38-33(40)25-16-17-26(36)29(37)28(25)34(38)41)32(44-19-22-10-6-3-7-11-22)31(39)27(46-35)20-43-18-21-8-4-2-5-9-21/h2-17,27,30-32,35,39H,18-20H2,1H3/t27-,30-,31-,32-,35-/m1/s1. The van der Waals surface area contributed by atoms with E-state index in [1.165, 1.54) is 12.1 Å². The minimum Gasteiger partial charge on any atom is -0.497 e. The van der Waals surface area contributed by atoms with Gasteiger partial charge in [-0.25, -0.2) is 0 Å². The zero-order valence-corrected chi connectivity index (χ0v) is 26.3. The Labute approximate surface area is 276 Å². The third kappa shape index (κ3) is 6.62. The van der Waals surface area contributed by atoms with Crippen LogP contribution < -0.4 is 9.47 Å². The third-order valence-corrected chi connectivity index (χ3v) is 8.71. The first-order valence-electron chi connectivity index (χ1n) is 14.6. The summed E-state index contributed by atoms with van der Waals surface area (Å²) in [6, 6.07) is 27.3. The van der Waals surface area contributed by atoms with Gasteiger partial charge in [0.25, 0.3) is 11.8 Å². The third-order valence-electron chi connectivity index (χ3n) is 7.91. The molecule has 0 unspecified atom stereocenters. The molecule has 2 amide bonds. The second-order valence-corrected chi connectivity index (χ2v) is 11.6. The molecule has 0 aliphatic carbocycles. The van der Waals surface area contributed by atoms with E-state index in [1.807, 2.05) is 60.7 Å². The number of aliphatic hydroxyl groups is 1. The number of carbonyl (C=O) groups excluding carboxylic acids is 2. The minimum absolute atomic E-state index is 0.0278. The quantitative estimate of drug-likeness (QED) is 0.197. The summed E-state index contributed by atoms with van der Waals surface area (Å²) in [5, 5.41) is 11.9. The van der Waals surface area contributed by atoms with E-state index in [0.29, 0.717) is 11.5 Å². The van der Waals surface area contributed by atoms with E-state index in [1.54, 1.807) is 31.4 Å². The molecule has 2 heterocycles. The molecule has 1 N–H and O–H groups in total. The monoisotopic (exact) mass is 663 g/mol. The highest BCUT2D eigenvalue weighted by atomic mass is 35.5. The molecule has 5 atom stereocenters. The molecule has 2 aliphatic heterocycles. The van der Waals surface area contributed by atoms with Gasteiger partial charge in [0.05, 0.1) is 48.1 Å². The van der Waals surface area contributed by atoms with Gasteiger partial charge in [-0.3, -0.25) is 14.5 Å². The van der Waals surface area contributed by atoms with Crippen molar-refractivity contribution < 1.29 is 38.4 Å². The fourth-order valence-corrected chi connectivity index (χ4v) is 5.98. The second-order valence-electron chi connectivity index (χ2n) is 10.8. The lowest BCUT2D eigenvalue weighted by Gasteiger charge is -2.46. The zero-order chi connectivity index (χ0) is 32.2. The van der Waals surface area contributed by atoms with Crippen LogP contribution >= 0.6 is 23.2 Å². The first-order valence-corrected chi connectivity index (χ1v) is 15.4. The van der Waals surface area contributed by atoms with E-state index in [2.05, 4.69) is 0 Å². The van der Waals surface area contributed by atoms with E-state index < -0.39 is 42.5 Å². The highest BCUT2D eigenvalue weighted by Crippen LogP contribution is 2.39. The fraction of sp³-hybridized carbons (Fsp3) is 0.257. The van der Waals surface area contributed by atoms with Crippen LogP contribution in [0.1, 0.15) is 31.8 Å². The number of methoxy groups -OCH3 is 1. The fourth-order valence-electron chi connectivity index (χ4n) is 5.58. The number of aliphatic hydroxyl groups excluding tert-OH is 1. The van der Waals surface area contributed by atoms with Crippen molar-refractivity contribution in [3.8, 4) is 11.5 Å². The second kappa shape index (κ2) is 14.2. The van der Waals surface area contributed by atoms with Crippen molar-refractivity contribution >= 4 is 35.0 Å². The molecule has 2 aliphatic rings. The Morgan fingerprint density at radius 2 is 1.43 bits per heavy atom. The van der Waals surface area contributed by atoms with Gasteiger partial charge in [0.1, 0.15) is 35.9 Å². The van der Waals surface area contributed by atoms with Crippen LogP contribution in [-0.2, 0) is 27.4 Å². The van der Waals surface area contributed by atoms with Crippen molar-refractivity contribution in [3.63, 3.8) is 0 Å². The lowest BCUT2D eigenvalue weighted by atomic mass is 9.95. The van der Waals surface area contributed by atoms with Crippen molar-refractivity contribution in [3.05, 3.63) is 129 Å². The molecule has 11 heteroatoms. The summed E-state index contributed by atoms with van der Waals surface area (Å²) in [7, 11) is 1.55. The summed E-state index contributed by atoms with van der Waals surface area (Å²) in [5.41, 5.74) is 1.80. The van der Waals surface area contributed by atoms with Gasteiger partial charge < -0.3 is 28.8 Å². The number of hydrogen-bond donors (Lipinski definition) is 1. The molecule has 4 aromatic rings. The van der Waals surface area contributed by atoms with Gasteiger partial charge in [-0.2, -0.15) is 0 Å². The molecule has 0 aromatic heterocycles. The van der Waals surface area contributed by atoms with Crippen LogP contribution in [0.15, 0.2) is 97.1 Å². The maximum atomic E-state index is 14.0. The molecule has 9 nitrogen and oxygen atoms in total. The Hall–Kier alpha value is -3.96. The molecule has 0 bridgehead atoms. The van der Waals surface area contributed by atoms with Crippen LogP contribution in [0, 0.1) is 0 Å². The molecule has 1 saturated heterocycles. The van der Waals surface area contributed by atoms with Gasteiger partial charge in [0.2, 0.25) is 6.29 Å². The van der Waals surface area contributed by atoms with Gasteiger partial charge in [0.15, 0.2) is 0 Å². The summed E-state index contributed by atoms with van der Waals surface area (Å²) < 4.78 is 30.3. The number of fused-ring (bicyclic) bond motifs is 1. The van der Waals surface area contributed by atoms with Crippen molar-refractivity contribution in [2.45, 2.75) is 43.9 Å². The van der Waals surface area contributed by atoms with Crippen LogP contribution in [0.5, 0.6) is 11.5 Å². The predicted molar refractivity (Wildman–Crippen MR) is 170 cm³/mol. The molecule has 0 saturated carbocycles. The highest BCUT2D eigenvalue weighted by molar-refractivity contribution is 6.45. The van der Waals surface area contributed by atoms with Crippen LogP contribution in [0.2, 0.25) is 10.0 Å². The van der Waals surface area contributed by atoms with Crippen molar-refractivity contribution in [2.24, 2.45) is 0 Å². The zero-order valence-electron chi connectivity index (χ0n) is 24.8. The predicted octanol–water partition coefficient (Wildman–Crippen LogP) is 5.93. The van der Waals surface area contributed by atoms with Crippen LogP contribution in [-0.4, -0.2) is 66.2 Å². The van der Waals surface area contributed by atoms with Gasteiger partial charge in [-0.05, 0) is 47.5 Å². The van der Waals surface area contributed by atoms with E-state index in [-0.39, 0.29) is 41.0 Å². The van der Waals surface area contributed by atoms with E-state index in [0.717, 1.165) is 16.0 Å². The summed E-state index contributed by atoms with van der Waals surface area (Å²) in [4.78, 5) is 28.9. The molecule has 4 aromatic carbocycles. The molecular weight excluding hydrogens is 633 g/mol. The first-order chi connectivity index (χ1) is 22.4. The Morgan fingerprint density at radius 1 is 0.804 bits per heavy atom. The molecular formula is C35H31Cl2NO8. The number of imide groups is 1. The van der Waals surface area contributed by atoms with Crippen LogP contribution in [0.3, 0.4) is 0 Å². The summed E-state index contributed by atoms with van der Waals surface area (Å²) in [6.45, 7) is 0.315. The lowest BCUT2D eigenvalue weighted by Crippen LogP contribution is -2.67. The smallest absolute Gasteiger partial charge is 0.263 e. The lowest BCUT2D eigenvalue weighted by molar-refractivity contribution is -0.267. The number of benzene rings is 4. The highest BCUT2D eigenvalue weighted by Gasteiger charge is 2.55. The Kier molecular flexibility index (Phi) is 9.89. The minimum atomic E-state index is -1.33.